The fraction of sp³-hybridized carbons (Fsp3) is 0.600. The van der Waals surface area contributed by atoms with E-state index < -0.39 is 0 Å². The lowest BCUT2D eigenvalue weighted by Gasteiger charge is -2.12. The van der Waals surface area contributed by atoms with Gasteiger partial charge in [0.15, 0.2) is 0 Å². The first-order valence-corrected chi connectivity index (χ1v) is 7.52. The van der Waals surface area contributed by atoms with Crippen molar-refractivity contribution in [1.29, 1.82) is 0 Å². The van der Waals surface area contributed by atoms with Gasteiger partial charge in [-0.3, -0.25) is 4.68 Å². The Bertz CT molecular complexity index is 510. The van der Waals surface area contributed by atoms with Crippen molar-refractivity contribution in [3.63, 3.8) is 0 Å². The number of aromatic nitrogens is 4. The lowest BCUT2D eigenvalue weighted by molar-refractivity contribution is 0.424. The first-order chi connectivity index (χ1) is 9.76. The minimum absolute atomic E-state index is 0.510. The van der Waals surface area contributed by atoms with E-state index in [1.54, 1.807) is 0 Å². The van der Waals surface area contributed by atoms with Gasteiger partial charge in [-0.2, -0.15) is 5.10 Å². The summed E-state index contributed by atoms with van der Waals surface area (Å²) < 4.78 is 4.18. The van der Waals surface area contributed by atoms with Gasteiger partial charge in [-0.1, -0.05) is 20.8 Å². The normalized spacial score (nSPS) is 11.4. The van der Waals surface area contributed by atoms with Crippen LogP contribution in [0.5, 0.6) is 0 Å². The number of hydrogen-bond acceptors (Lipinski definition) is 3. The Morgan fingerprint density at radius 1 is 1.20 bits per heavy atom. The van der Waals surface area contributed by atoms with Crippen LogP contribution in [0.3, 0.4) is 0 Å². The fourth-order valence-corrected chi connectivity index (χ4v) is 2.35. The molecule has 5 heteroatoms. The molecule has 0 aromatic carbocycles. The van der Waals surface area contributed by atoms with Crippen LogP contribution in [0.15, 0.2) is 24.8 Å². The Kier molecular flexibility index (Phi) is 5.35. The van der Waals surface area contributed by atoms with Crippen LogP contribution < -0.4 is 5.32 Å². The quantitative estimate of drug-likeness (QED) is 0.805. The van der Waals surface area contributed by atoms with E-state index in [9.17, 15) is 0 Å². The third-order valence-electron chi connectivity index (χ3n) is 3.57. The summed E-state index contributed by atoms with van der Waals surface area (Å²) in [5.74, 6) is 0. The molecule has 0 aliphatic carbocycles. The van der Waals surface area contributed by atoms with Crippen molar-refractivity contribution >= 4 is 0 Å². The predicted molar refractivity (Wildman–Crippen MR) is 80.6 cm³/mol. The van der Waals surface area contributed by atoms with Gasteiger partial charge in [0, 0.05) is 18.9 Å². The van der Waals surface area contributed by atoms with Crippen LogP contribution in [-0.2, 0) is 13.1 Å². The maximum absolute atomic E-state index is 4.67. The Morgan fingerprint density at radius 3 is 2.70 bits per heavy atom. The third kappa shape index (κ3) is 3.70. The highest BCUT2D eigenvalue weighted by molar-refractivity contribution is 5.04. The van der Waals surface area contributed by atoms with Crippen molar-refractivity contribution in [2.75, 3.05) is 6.54 Å². The average molecular weight is 275 g/mol. The molecular formula is C15H25N5. The van der Waals surface area contributed by atoms with Gasteiger partial charge in [-0.25, -0.2) is 4.98 Å². The number of imidazole rings is 1. The second kappa shape index (κ2) is 7.24. The summed E-state index contributed by atoms with van der Waals surface area (Å²) in [6.07, 6.45) is 8.29. The van der Waals surface area contributed by atoms with Crippen LogP contribution in [0.2, 0.25) is 0 Å². The average Bonchev–Trinajstić information content (AvgIpc) is 3.08. The van der Waals surface area contributed by atoms with E-state index in [0.29, 0.717) is 6.04 Å². The van der Waals surface area contributed by atoms with Crippen LogP contribution in [0, 0.1) is 0 Å². The Balaban J connectivity index is 1.97. The lowest BCUT2D eigenvalue weighted by Crippen LogP contribution is -2.11. The second-order valence-electron chi connectivity index (χ2n) is 5.08. The van der Waals surface area contributed by atoms with Gasteiger partial charge in [-0.05, 0) is 25.5 Å². The zero-order chi connectivity index (χ0) is 14.4. The van der Waals surface area contributed by atoms with Gasteiger partial charge >= 0.3 is 0 Å². The first kappa shape index (κ1) is 14.8. The van der Waals surface area contributed by atoms with E-state index in [1.165, 1.54) is 0 Å². The first-order valence-electron chi connectivity index (χ1n) is 7.52. The van der Waals surface area contributed by atoms with Gasteiger partial charge in [0.05, 0.1) is 30.3 Å². The molecule has 0 bridgehead atoms. The van der Waals surface area contributed by atoms with Crippen LogP contribution in [-0.4, -0.2) is 25.9 Å². The molecule has 0 spiro atoms. The molecule has 0 aliphatic rings. The molecule has 20 heavy (non-hydrogen) atoms. The Morgan fingerprint density at radius 2 is 2.00 bits per heavy atom. The van der Waals surface area contributed by atoms with Crippen molar-refractivity contribution in [3.8, 4) is 0 Å². The maximum atomic E-state index is 4.67. The predicted octanol–water partition coefficient (Wildman–Crippen LogP) is 2.60. The van der Waals surface area contributed by atoms with Crippen molar-refractivity contribution < 1.29 is 0 Å². The van der Waals surface area contributed by atoms with Crippen LogP contribution >= 0.6 is 0 Å². The summed E-state index contributed by atoms with van der Waals surface area (Å²) in [5, 5.41) is 7.95. The van der Waals surface area contributed by atoms with Gasteiger partial charge < -0.3 is 9.88 Å². The van der Waals surface area contributed by atoms with Crippen molar-refractivity contribution in [2.24, 2.45) is 0 Å². The molecule has 0 fully saturated rings. The van der Waals surface area contributed by atoms with Crippen molar-refractivity contribution in [1.82, 2.24) is 24.6 Å². The van der Waals surface area contributed by atoms with Crippen LogP contribution in [0.25, 0.3) is 0 Å². The molecule has 0 amide bonds. The van der Waals surface area contributed by atoms with Gasteiger partial charge in [0.1, 0.15) is 0 Å². The molecule has 0 aliphatic heterocycles. The molecule has 0 saturated carbocycles. The van der Waals surface area contributed by atoms with Gasteiger partial charge in [0.25, 0.3) is 0 Å². The summed E-state index contributed by atoms with van der Waals surface area (Å²) in [7, 11) is 0. The zero-order valence-electron chi connectivity index (χ0n) is 12.7. The van der Waals surface area contributed by atoms with Gasteiger partial charge in [0.2, 0.25) is 0 Å². The summed E-state index contributed by atoms with van der Waals surface area (Å²) >= 11 is 0. The smallest absolute Gasteiger partial charge is 0.0953 e. The largest absolute Gasteiger partial charge is 0.331 e. The Hall–Kier alpha value is -1.62. The van der Waals surface area contributed by atoms with E-state index in [-0.39, 0.29) is 0 Å². The molecule has 0 unspecified atom stereocenters. The van der Waals surface area contributed by atoms with Gasteiger partial charge in [-0.15, -0.1) is 0 Å². The standard InChI is InChI=1S/C15H25N5/c1-4-15(5-2)20-8-7-13(18-20)10-19-11-14(17-12-19)9-16-6-3/h7-8,11-12,15-16H,4-6,9-10H2,1-3H3. The number of hydrogen-bond donors (Lipinski definition) is 1. The minimum atomic E-state index is 0.510. The second-order valence-corrected chi connectivity index (χ2v) is 5.08. The number of rotatable bonds is 8. The molecular weight excluding hydrogens is 250 g/mol. The zero-order valence-corrected chi connectivity index (χ0v) is 12.7. The monoisotopic (exact) mass is 275 g/mol. The summed E-state index contributed by atoms with van der Waals surface area (Å²) in [5.41, 5.74) is 2.16. The molecule has 0 radical (unpaired) electrons. The molecule has 2 aromatic heterocycles. The maximum Gasteiger partial charge on any atom is 0.0953 e. The van der Waals surface area contributed by atoms with Crippen molar-refractivity contribution in [2.45, 2.75) is 52.7 Å². The van der Waals surface area contributed by atoms with E-state index in [4.69, 9.17) is 0 Å². The number of nitrogens with one attached hydrogen (secondary N) is 1. The third-order valence-corrected chi connectivity index (χ3v) is 3.57. The van der Waals surface area contributed by atoms with Crippen molar-refractivity contribution in [3.05, 3.63) is 36.2 Å². The molecule has 110 valence electrons. The summed E-state index contributed by atoms with van der Waals surface area (Å²) in [4.78, 5) is 4.39. The van der Waals surface area contributed by atoms with E-state index in [2.05, 4.69) is 63.9 Å². The Labute approximate surface area is 121 Å². The highest BCUT2D eigenvalue weighted by atomic mass is 15.3. The van der Waals surface area contributed by atoms with E-state index in [1.807, 2.05) is 6.33 Å². The number of nitrogens with zero attached hydrogens (tertiary/aromatic N) is 4. The lowest BCUT2D eigenvalue weighted by atomic mass is 10.2. The molecule has 1 N–H and O–H groups in total. The van der Waals surface area contributed by atoms with E-state index in [0.717, 1.165) is 43.9 Å². The highest BCUT2D eigenvalue weighted by Gasteiger charge is 2.08. The molecule has 2 heterocycles. The van der Waals surface area contributed by atoms with E-state index >= 15 is 0 Å². The minimum Gasteiger partial charge on any atom is -0.331 e. The van der Waals surface area contributed by atoms with Crippen LogP contribution in [0.1, 0.15) is 51.0 Å². The summed E-state index contributed by atoms with van der Waals surface area (Å²) in [6.45, 7) is 9.09. The highest BCUT2D eigenvalue weighted by Crippen LogP contribution is 2.14. The molecule has 2 rings (SSSR count). The molecule has 0 saturated heterocycles. The fourth-order valence-electron chi connectivity index (χ4n) is 2.35. The summed E-state index contributed by atoms with van der Waals surface area (Å²) in [6, 6.07) is 2.61. The molecule has 2 aromatic rings. The SMILES string of the molecule is CCNCc1cn(Cc2ccn(C(CC)CC)n2)cn1. The molecule has 5 nitrogen and oxygen atoms in total. The molecule has 0 atom stereocenters. The van der Waals surface area contributed by atoms with Crippen LogP contribution in [0.4, 0.5) is 0 Å². The topological polar surface area (TPSA) is 47.7 Å².